The Morgan fingerprint density at radius 1 is 1.23 bits per heavy atom. The van der Waals surface area contributed by atoms with Gasteiger partial charge in [0, 0.05) is 38.0 Å². The van der Waals surface area contributed by atoms with Gasteiger partial charge in [0.2, 0.25) is 0 Å². The molecule has 1 fully saturated rings. The summed E-state index contributed by atoms with van der Waals surface area (Å²) in [5.74, 6) is 2.61. The molecule has 1 rings (SSSR count). The molecule has 0 aromatic rings. The summed E-state index contributed by atoms with van der Waals surface area (Å²) < 4.78 is 0.234. The van der Waals surface area contributed by atoms with Crippen LogP contribution in [0, 0.1) is 11.8 Å². The topological polar surface area (TPSA) is 39.7 Å². The molecule has 2 atom stereocenters. The van der Waals surface area contributed by atoms with E-state index in [-0.39, 0.29) is 4.75 Å². The number of aliphatic imine (C=N–C) groups is 1. The number of nitrogens with zero attached hydrogens (tertiary/aromatic N) is 2. The van der Waals surface area contributed by atoms with E-state index < -0.39 is 0 Å². The van der Waals surface area contributed by atoms with Gasteiger partial charge in [0.15, 0.2) is 5.96 Å². The molecular formula is C17H36N4S. The minimum atomic E-state index is 0.234. The third-order valence-electron chi connectivity index (χ3n) is 4.35. The first kappa shape index (κ1) is 19.6. The van der Waals surface area contributed by atoms with E-state index >= 15 is 0 Å². The molecule has 0 aromatic carbocycles. The molecule has 5 heteroatoms. The van der Waals surface area contributed by atoms with Gasteiger partial charge in [-0.15, -0.1) is 0 Å². The highest BCUT2D eigenvalue weighted by Crippen LogP contribution is 2.21. The quantitative estimate of drug-likeness (QED) is 0.428. The number of likely N-dealkylation sites (tertiary alicyclic amines) is 1. The Labute approximate surface area is 141 Å². The van der Waals surface area contributed by atoms with E-state index in [1.165, 1.54) is 32.5 Å². The predicted molar refractivity (Wildman–Crippen MR) is 101 cm³/mol. The molecule has 22 heavy (non-hydrogen) atoms. The Bertz CT molecular complexity index is 334. The fourth-order valence-corrected chi connectivity index (χ4v) is 3.29. The van der Waals surface area contributed by atoms with Gasteiger partial charge in [-0.25, -0.2) is 0 Å². The molecule has 0 aliphatic carbocycles. The molecule has 4 nitrogen and oxygen atoms in total. The summed E-state index contributed by atoms with van der Waals surface area (Å²) in [5, 5.41) is 6.85. The maximum atomic E-state index is 4.31. The number of guanidine groups is 1. The van der Waals surface area contributed by atoms with Gasteiger partial charge in [-0.05, 0) is 51.3 Å². The molecule has 1 aliphatic heterocycles. The summed E-state index contributed by atoms with van der Waals surface area (Å²) in [6.07, 6.45) is 4.71. The molecule has 1 saturated heterocycles. The zero-order chi connectivity index (χ0) is 16.6. The van der Waals surface area contributed by atoms with E-state index in [9.17, 15) is 0 Å². The Hall–Kier alpha value is -0.420. The molecule has 2 N–H and O–H groups in total. The fraction of sp³-hybridized carbons (Fsp3) is 0.941. The molecule has 1 heterocycles. The van der Waals surface area contributed by atoms with Crippen molar-refractivity contribution in [3.05, 3.63) is 0 Å². The second-order valence-electron chi connectivity index (χ2n) is 7.38. The third-order valence-corrected chi connectivity index (χ3v) is 5.60. The van der Waals surface area contributed by atoms with Gasteiger partial charge >= 0.3 is 0 Å². The lowest BCUT2D eigenvalue weighted by molar-refractivity contribution is 0.140. The molecule has 0 saturated carbocycles. The van der Waals surface area contributed by atoms with Gasteiger partial charge in [-0.3, -0.25) is 4.99 Å². The first-order valence-electron chi connectivity index (χ1n) is 8.58. The van der Waals surface area contributed by atoms with Gasteiger partial charge in [0.05, 0.1) is 0 Å². The molecule has 0 spiro atoms. The van der Waals surface area contributed by atoms with Crippen LogP contribution in [0.1, 0.15) is 40.5 Å². The SMILES string of the molecule is CN=C(NCCCN1CC(C)CC(C)C1)NCC(C)(C)SC. The molecule has 130 valence electrons. The highest BCUT2D eigenvalue weighted by molar-refractivity contribution is 7.99. The van der Waals surface area contributed by atoms with Crippen molar-refractivity contribution in [1.29, 1.82) is 0 Å². The van der Waals surface area contributed by atoms with Crippen molar-refractivity contribution < 1.29 is 0 Å². The second-order valence-corrected chi connectivity index (χ2v) is 8.89. The van der Waals surface area contributed by atoms with Crippen molar-refractivity contribution >= 4 is 17.7 Å². The van der Waals surface area contributed by atoms with E-state index in [2.05, 4.69) is 54.5 Å². The summed E-state index contributed by atoms with van der Waals surface area (Å²) in [6.45, 7) is 14.9. The van der Waals surface area contributed by atoms with Crippen molar-refractivity contribution in [2.24, 2.45) is 16.8 Å². The number of nitrogens with one attached hydrogen (secondary N) is 2. The predicted octanol–water partition coefficient (Wildman–Crippen LogP) is 2.66. The smallest absolute Gasteiger partial charge is 0.191 e. The van der Waals surface area contributed by atoms with Crippen LogP contribution in [0.25, 0.3) is 0 Å². The zero-order valence-corrected chi connectivity index (χ0v) is 16.2. The van der Waals surface area contributed by atoms with Crippen LogP contribution in [0.5, 0.6) is 0 Å². The Morgan fingerprint density at radius 2 is 1.86 bits per heavy atom. The minimum Gasteiger partial charge on any atom is -0.356 e. The average Bonchev–Trinajstić information content (AvgIpc) is 2.45. The van der Waals surface area contributed by atoms with Crippen molar-refractivity contribution in [2.45, 2.75) is 45.3 Å². The monoisotopic (exact) mass is 328 g/mol. The molecule has 0 bridgehead atoms. The molecule has 0 radical (unpaired) electrons. The lowest BCUT2D eigenvalue weighted by Gasteiger charge is -2.35. The molecule has 2 unspecified atom stereocenters. The van der Waals surface area contributed by atoms with E-state index in [1.54, 1.807) is 0 Å². The lowest BCUT2D eigenvalue weighted by Crippen LogP contribution is -2.44. The van der Waals surface area contributed by atoms with Gasteiger partial charge < -0.3 is 15.5 Å². The van der Waals surface area contributed by atoms with Gasteiger partial charge in [0.25, 0.3) is 0 Å². The summed E-state index contributed by atoms with van der Waals surface area (Å²) in [4.78, 5) is 6.92. The largest absolute Gasteiger partial charge is 0.356 e. The highest BCUT2D eigenvalue weighted by atomic mass is 32.2. The van der Waals surface area contributed by atoms with Crippen molar-refractivity contribution in [1.82, 2.24) is 15.5 Å². The van der Waals surface area contributed by atoms with E-state index in [1.807, 2.05) is 18.8 Å². The van der Waals surface area contributed by atoms with Crippen molar-refractivity contribution in [3.8, 4) is 0 Å². The van der Waals surface area contributed by atoms with Gasteiger partial charge in [-0.2, -0.15) is 11.8 Å². The van der Waals surface area contributed by atoms with Crippen LogP contribution in [0.3, 0.4) is 0 Å². The third kappa shape index (κ3) is 7.73. The van der Waals surface area contributed by atoms with Gasteiger partial charge in [-0.1, -0.05) is 13.8 Å². The number of thioether (sulfide) groups is 1. The van der Waals surface area contributed by atoms with Crippen LogP contribution in [0.15, 0.2) is 4.99 Å². The Kier molecular flexibility index (Phi) is 8.62. The van der Waals surface area contributed by atoms with Crippen LogP contribution in [0.4, 0.5) is 0 Å². The number of hydrogen-bond acceptors (Lipinski definition) is 3. The number of hydrogen-bond donors (Lipinski definition) is 2. The number of rotatable bonds is 7. The lowest BCUT2D eigenvalue weighted by atomic mass is 9.92. The van der Waals surface area contributed by atoms with Crippen LogP contribution >= 0.6 is 11.8 Å². The van der Waals surface area contributed by atoms with Crippen LogP contribution < -0.4 is 10.6 Å². The zero-order valence-electron chi connectivity index (χ0n) is 15.4. The summed E-state index contributed by atoms with van der Waals surface area (Å²) in [5.41, 5.74) is 0. The first-order valence-corrected chi connectivity index (χ1v) is 9.80. The normalized spacial score (nSPS) is 24.4. The molecule has 0 amide bonds. The summed E-state index contributed by atoms with van der Waals surface area (Å²) in [7, 11) is 1.84. The van der Waals surface area contributed by atoms with Crippen LogP contribution in [-0.2, 0) is 0 Å². The van der Waals surface area contributed by atoms with Crippen LogP contribution in [-0.4, -0.2) is 61.6 Å². The van der Waals surface area contributed by atoms with Crippen molar-refractivity contribution in [2.75, 3.05) is 46.0 Å². The minimum absolute atomic E-state index is 0.234. The van der Waals surface area contributed by atoms with Crippen LogP contribution in [0.2, 0.25) is 0 Å². The van der Waals surface area contributed by atoms with E-state index in [0.717, 1.165) is 30.9 Å². The molecule has 0 aromatic heterocycles. The maximum absolute atomic E-state index is 4.31. The Balaban J connectivity index is 2.19. The summed E-state index contributed by atoms with van der Waals surface area (Å²) in [6, 6.07) is 0. The van der Waals surface area contributed by atoms with E-state index in [4.69, 9.17) is 0 Å². The summed E-state index contributed by atoms with van der Waals surface area (Å²) >= 11 is 1.88. The molecule has 1 aliphatic rings. The maximum Gasteiger partial charge on any atom is 0.191 e. The Morgan fingerprint density at radius 3 is 2.41 bits per heavy atom. The van der Waals surface area contributed by atoms with Gasteiger partial charge in [0.1, 0.15) is 0 Å². The molecular weight excluding hydrogens is 292 g/mol. The van der Waals surface area contributed by atoms with E-state index in [0.29, 0.717) is 0 Å². The first-order chi connectivity index (χ1) is 10.4. The highest BCUT2D eigenvalue weighted by Gasteiger charge is 2.21. The average molecular weight is 329 g/mol. The fourth-order valence-electron chi connectivity index (χ4n) is 3.07. The second kappa shape index (κ2) is 9.66. The van der Waals surface area contributed by atoms with Crippen molar-refractivity contribution in [3.63, 3.8) is 0 Å². The standard InChI is InChI=1S/C17H36N4S/c1-14-10-15(2)12-21(11-14)9-7-8-19-16(18-5)20-13-17(3,4)22-6/h14-15H,7-13H2,1-6H3,(H2,18,19,20). The number of piperidine rings is 1.